The minimum atomic E-state index is -0.336. The first kappa shape index (κ1) is 30.6. The highest BCUT2D eigenvalue weighted by atomic mass is 19.1. The van der Waals surface area contributed by atoms with E-state index >= 15 is 0 Å². The quantitative estimate of drug-likeness (QED) is 0.150. The summed E-state index contributed by atoms with van der Waals surface area (Å²) in [5.74, 6) is 0.134. The number of halogens is 1. The number of nitrogens with one attached hydrogen (secondary N) is 3. The van der Waals surface area contributed by atoms with Crippen LogP contribution < -0.4 is 10.1 Å². The molecule has 4 aromatic heterocycles. The van der Waals surface area contributed by atoms with E-state index in [1.165, 1.54) is 18.9 Å². The number of likely N-dealkylation sites (tertiary alicyclic amines) is 1. The molecule has 1 saturated heterocycles. The van der Waals surface area contributed by atoms with E-state index in [-0.39, 0.29) is 17.1 Å². The van der Waals surface area contributed by atoms with Crippen molar-refractivity contribution in [1.82, 2.24) is 30.0 Å². The van der Waals surface area contributed by atoms with Crippen LogP contribution in [0.15, 0.2) is 73.2 Å². The van der Waals surface area contributed by atoms with Crippen LogP contribution in [0.3, 0.4) is 0 Å². The second-order valence-electron chi connectivity index (χ2n) is 13.5. The first-order valence-electron chi connectivity index (χ1n) is 16.1. The van der Waals surface area contributed by atoms with Crippen molar-refractivity contribution in [2.45, 2.75) is 40.0 Å². The number of aromatic amines is 2. The van der Waals surface area contributed by atoms with Gasteiger partial charge in [-0.1, -0.05) is 32.9 Å². The van der Waals surface area contributed by atoms with Crippen molar-refractivity contribution in [3.63, 3.8) is 0 Å². The average molecular weight is 632 g/mol. The van der Waals surface area contributed by atoms with E-state index in [9.17, 15) is 9.18 Å². The molecular formula is C37H38FN7O2. The number of H-pyrrole nitrogens is 2. The highest BCUT2D eigenvalue weighted by Gasteiger charge is 2.18. The van der Waals surface area contributed by atoms with Gasteiger partial charge in [-0.25, -0.2) is 9.37 Å². The number of pyridine rings is 2. The van der Waals surface area contributed by atoms with Gasteiger partial charge in [0.05, 0.1) is 23.3 Å². The Bertz CT molecular complexity index is 2070. The summed E-state index contributed by atoms with van der Waals surface area (Å²) in [5, 5.41) is 12.3. The summed E-state index contributed by atoms with van der Waals surface area (Å²) >= 11 is 0. The number of rotatable bonds is 9. The fraction of sp³-hybridized carbons (Fsp3) is 0.297. The molecule has 0 spiro atoms. The summed E-state index contributed by atoms with van der Waals surface area (Å²) in [4.78, 5) is 27.4. The first-order valence-corrected chi connectivity index (χ1v) is 16.1. The fourth-order valence-electron chi connectivity index (χ4n) is 6.26. The molecule has 10 heteroatoms. The fourth-order valence-corrected chi connectivity index (χ4v) is 6.26. The molecule has 3 N–H and O–H groups in total. The van der Waals surface area contributed by atoms with Crippen molar-refractivity contribution >= 4 is 33.5 Å². The maximum Gasteiger partial charge on any atom is 0.224 e. The molecular weight excluding hydrogens is 593 g/mol. The Morgan fingerprint density at radius 3 is 2.64 bits per heavy atom. The van der Waals surface area contributed by atoms with Crippen molar-refractivity contribution in [2.75, 3.05) is 31.6 Å². The normalized spacial score (nSPS) is 13.9. The molecule has 7 rings (SSSR count). The van der Waals surface area contributed by atoms with Crippen LogP contribution >= 0.6 is 0 Å². The van der Waals surface area contributed by atoms with Crippen molar-refractivity contribution in [3.8, 4) is 39.4 Å². The summed E-state index contributed by atoms with van der Waals surface area (Å²) < 4.78 is 20.8. The second-order valence-corrected chi connectivity index (χ2v) is 13.5. The zero-order valence-corrected chi connectivity index (χ0v) is 26.9. The van der Waals surface area contributed by atoms with Crippen LogP contribution in [0.25, 0.3) is 55.6 Å². The Morgan fingerprint density at radius 2 is 1.81 bits per heavy atom. The predicted molar refractivity (Wildman–Crippen MR) is 184 cm³/mol. The molecule has 6 aromatic rings. The minimum absolute atomic E-state index is 0.0557. The molecule has 0 unspecified atom stereocenters. The SMILES string of the molecule is CC(C)(C)CC(=O)Nc1cncc(-c2cnc3n[nH]c(-c4cc5c(-c6cc(F)cc(OCCN7CCCC7)c6)cccc5[nH]4)c3c2)c1. The monoisotopic (exact) mass is 631 g/mol. The Kier molecular flexibility index (Phi) is 8.19. The summed E-state index contributed by atoms with van der Waals surface area (Å²) in [6, 6.07) is 16.8. The van der Waals surface area contributed by atoms with Gasteiger partial charge in [0.1, 0.15) is 18.2 Å². The predicted octanol–water partition coefficient (Wildman–Crippen LogP) is 7.82. The number of fused-ring (bicyclic) bond motifs is 2. The Labute approximate surface area is 272 Å². The van der Waals surface area contributed by atoms with Crippen molar-refractivity contribution in [3.05, 3.63) is 79.0 Å². The average Bonchev–Trinajstić information content (AvgIpc) is 3.79. The third-order valence-corrected chi connectivity index (χ3v) is 8.45. The molecule has 2 aromatic carbocycles. The van der Waals surface area contributed by atoms with Gasteiger partial charge in [-0.2, -0.15) is 5.10 Å². The highest BCUT2D eigenvalue weighted by molar-refractivity contribution is 6.01. The lowest BCUT2D eigenvalue weighted by atomic mass is 9.92. The zero-order valence-electron chi connectivity index (χ0n) is 26.9. The summed E-state index contributed by atoms with van der Waals surface area (Å²) in [6.45, 7) is 9.65. The van der Waals surface area contributed by atoms with Crippen LogP contribution in [0.2, 0.25) is 0 Å². The Hall–Kier alpha value is -5.09. The number of aromatic nitrogens is 5. The topological polar surface area (TPSA) is 112 Å². The molecule has 1 aliphatic rings. The molecule has 47 heavy (non-hydrogen) atoms. The summed E-state index contributed by atoms with van der Waals surface area (Å²) in [5.41, 5.74) is 6.91. The number of amides is 1. The van der Waals surface area contributed by atoms with Gasteiger partial charge >= 0.3 is 0 Å². The summed E-state index contributed by atoms with van der Waals surface area (Å²) in [6.07, 6.45) is 8.00. The van der Waals surface area contributed by atoms with Crippen molar-refractivity contribution in [1.29, 1.82) is 0 Å². The van der Waals surface area contributed by atoms with Crippen LogP contribution in [0.1, 0.15) is 40.0 Å². The van der Waals surface area contributed by atoms with Crippen LogP contribution in [-0.2, 0) is 4.79 Å². The standard InChI is InChI=1S/C37H38FN7O2/c1-37(2,3)19-34(46)41-27-14-24(20-39-22-27)25-16-31-35(43-44-36(31)40-21-25)33-18-30-29(7-6-8-32(30)42-33)23-13-26(38)17-28(15-23)47-12-11-45-9-4-5-10-45/h6-8,13-18,20-22,42H,4-5,9-12,19H2,1-3H3,(H,41,46)(H,40,43,44). The van der Waals surface area contributed by atoms with E-state index in [1.54, 1.807) is 24.7 Å². The van der Waals surface area contributed by atoms with E-state index in [4.69, 9.17) is 4.74 Å². The van der Waals surface area contributed by atoms with Gasteiger partial charge in [0.15, 0.2) is 5.65 Å². The lowest BCUT2D eigenvalue weighted by molar-refractivity contribution is -0.117. The third-order valence-electron chi connectivity index (χ3n) is 8.45. The maximum atomic E-state index is 14.8. The molecule has 0 radical (unpaired) electrons. The lowest BCUT2D eigenvalue weighted by Gasteiger charge is -2.17. The minimum Gasteiger partial charge on any atom is -0.492 e. The van der Waals surface area contributed by atoms with E-state index in [0.717, 1.165) is 69.6 Å². The number of nitrogens with zero attached hydrogens (tertiary/aromatic N) is 4. The smallest absolute Gasteiger partial charge is 0.224 e. The number of carbonyl (C=O) groups is 1. The Morgan fingerprint density at radius 1 is 0.979 bits per heavy atom. The van der Waals surface area contributed by atoms with E-state index in [2.05, 4.69) is 41.4 Å². The molecule has 0 saturated carbocycles. The molecule has 1 amide bonds. The molecule has 0 atom stereocenters. The third kappa shape index (κ3) is 6.88. The maximum absolute atomic E-state index is 14.8. The number of carbonyl (C=O) groups excluding carboxylic acids is 1. The molecule has 5 heterocycles. The van der Waals surface area contributed by atoms with Gasteiger partial charge in [-0.3, -0.25) is 19.8 Å². The molecule has 9 nitrogen and oxygen atoms in total. The number of hydrogen-bond acceptors (Lipinski definition) is 6. The van der Waals surface area contributed by atoms with Crippen LogP contribution in [0, 0.1) is 11.2 Å². The molecule has 0 bridgehead atoms. The van der Waals surface area contributed by atoms with Crippen molar-refractivity contribution in [2.24, 2.45) is 5.41 Å². The number of benzene rings is 2. The number of anilines is 1. The van der Waals surface area contributed by atoms with E-state index < -0.39 is 0 Å². The summed E-state index contributed by atoms with van der Waals surface area (Å²) in [7, 11) is 0. The Balaban J connectivity index is 1.17. The van der Waals surface area contributed by atoms with Crippen LogP contribution in [-0.4, -0.2) is 62.2 Å². The van der Waals surface area contributed by atoms with Gasteiger partial charge in [-0.05, 0) is 78.9 Å². The van der Waals surface area contributed by atoms with Gasteiger partial charge in [-0.15, -0.1) is 0 Å². The molecule has 240 valence electrons. The number of ether oxygens (including phenoxy) is 1. The lowest BCUT2D eigenvalue weighted by Crippen LogP contribution is -2.25. The van der Waals surface area contributed by atoms with Gasteiger partial charge in [0.25, 0.3) is 0 Å². The molecule has 1 aliphatic heterocycles. The molecule has 1 fully saturated rings. The van der Waals surface area contributed by atoms with E-state index in [0.29, 0.717) is 30.1 Å². The van der Waals surface area contributed by atoms with E-state index in [1.807, 2.05) is 57.2 Å². The highest BCUT2D eigenvalue weighted by Crippen LogP contribution is 2.36. The van der Waals surface area contributed by atoms with Crippen LogP contribution in [0.4, 0.5) is 10.1 Å². The van der Waals surface area contributed by atoms with Gasteiger partial charge in [0, 0.05) is 58.8 Å². The van der Waals surface area contributed by atoms with Crippen LogP contribution in [0.5, 0.6) is 5.75 Å². The zero-order chi connectivity index (χ0) is 32.5. The first-order chi connectivity index (χ1) is 22.7. The second kappa shape index (κ2) is 12.6. The van der Waals surface area contributed by atoms with Gasteiger partial charge < -0.3 is 15.0 Å². The number of hydrogen-bond donors (Lipinski definition) is 3. The largest absolute Gasteiger partial charge is 0.492 e. The van der Waals surface area contributed by atoms with Gasteiger partial charge in [0.2, 0.25) is 5.91 Å². The molecule has 0 aliphatic carbocycles. The van der Waals surface area contributed by atoms with Crippen molar-refractivity contribution < 1.29 is 13.9 Å².